The minimum atomic E-state index is -3.60. The van der Waals surface area contributed by atoms with Crippen LogP contribution in [0.25, 0.3) is 0 Å². The van der Waals surface area contributed by atoms with Crippen molar-refractivity contribution in [2.24, 2.45) is 0 Å². The third-order valence-corrected chi connectivity index (χ3v) is 5.65. The number of carbonyl (C=O) groups excluding carboxylic acids is 1. The van der Waals surface area contributed by atoms with E-state index in [-0.39, 0.29) is 17.3 Å². The Labute approximate surface area is 125 Å². The van der Waals surface area contributed by atoms with E-state index in [1.54, 1.807) is 17.0 Å². The summed E-state index contributed by atoms with van der Waals surface area (Å²) in [7, 11) is -3.60. The van der Waals surface area contributed by atoms with Crippen molar-refractivity contribution in [3.63, 3.8) is 0 Å². The lowest BCUT2D eigenvalue weighted by molar-refractivity contribution is -0.128. The van der Waals surface area contributed by atoms with Gasteiger partial charge in [-0.3, -0.25) is 4.79 Å². The molecule has 0 atom stereocenters. The van der Waals surface area contributed by atoms with Gasteiger partial charge in [0.15, 0.2) is 0 Å². The Morgan fingerprint density at radius 3 is 2.57 bits per heavy atom. The van der Waals surface area contributed by atoms with Crippen LogP contribution in [0, 0.1) is 0 Å². The van der Waals surface area contributed by atoms with E-state index in [9.17, 15) is 13.2 Å². The van der Waals surface area contributed by atoms with Crippen LogP contribution in [0.15, 0.2) is 23.1 Å². The van der Waals surface area contributed by atoms with E-state index in [0.717, 1.165) is 50.8 Å². The molecule has 5 nitrogen and oxygen atoms in total. The van der Waals surface area contributed by atoms with Gasteiger partial charge in [0.25, 0.3) is 0 Å². The average molecular weight is 308 g/mol. The standard InChI is InChI=1S/C15H20N2O3S/c18-15(17-8-1-2-9-17)11-16-21(19,20)14-7-6-12-4-3-5-13(12)10-14/h6-7,10,16H,1-5,8-9,11H2. The Hall–Kier alpha value is -1.40. The van der Waals surface area contributed by atoms with Crippen LogP contribution in [-0.2, 0) is 27.7 Å². The summed E-state index contributed by atoms with van der Waals surface area (Å²) in [6, 6.07) is 5.26. The van der Waals surface area contributed by atoms with Crippen molar-refractivity contribution in [3.8, 4) is 0 Å². The Balaban J connectivity index is 1.67. The monoisotopic (exact) mass is 308 g/mol. The van der Waals surface area contributed by atoms with Gasteiger partial charge in [-0.1, -0.05) is 6.07 Å². The van der Waals surface area contributed by atoms with Crippen molar-refractivity contribution in [3.05, 3.63) is 29.3 Å². The number of rotatable bonds is 4. The lowest BCUT2D eigenvalue weighted by Crippen LogP contribution is -2.38. The third kappa shape index (κ3) is 3.11. The molecule has 0 unspecified atom stereocenters. The SMILES string of the molecule is O=C(CNS(=O)(=O)c1ccc2c(c1)CCC2)N1CCCC1. The van der Waals surface area contributed by atoms with Gasteiger partial charge in [0.2, 0.25) is 15.9 Å². The summed E-state index contributed by atoms with van der Waals surface area (Å²) in [6.07, 6.45) is 5.05. The quantitative estimate of drug-likeness (QED) is 0.905. The summed E-state index contributed by atoms with van der Waals surface area (Å²) < 4.78 is 27.0. The van der Waals surface area contributed by atoms with Crippen LogP contribution in [0.5, 0.6) is 0 Å². The maximum atomic E-state index is 12.3. The highest BCUT2D eigenvalue weighted by molar-refractivity contribution is 7.89. The van der Waals surface area contributed by atoms with Crippen molar-refractivity contribution in [1.82, 2.24) is 9.62 Å². The van der Waals surface area contributed by atoms with Gasteiger partial charge < -0.3 is 4.90 Å². The van der Waals surface area contributed by atoms with Crippen molar-refractivity contribution in [2.75, 3.05) is 19.6 Å². The van der Waals surface area contributed by atoms with Gasteiger partial charge in [-0.2, -0.15) is 0 Å². The van der Waals surface area contributed by atoms with Gasteiger partial charge in [0.1, 0.15) is 0 Å². The average Bonchev–Trinajstić information content (AvgIpc) is 3.14. The Morgan fingerprint density at radius 2 is 1.81 bits per heavy atom. The van der Waals surface area contributed by atoms with E-state index in [1.807, 2.05) is 6.07 Å². The summed E-state index contributed by atoms with van der Waals surface area (Å²) >= 11 is 0. The summed E-state index contributed by atoms with van der Waals surface area (Å²) in [5.74, 6) is -0.141. The van der Waals surface area contributed by atoms with E-state index in [0.29, 0.717) is 0 Å². The molecular formula is C15H20N2O3S. The Kier molecular flexibility index (Phi) is 3.99. The molecule has 1 aromatic carbocycles. The van der Waals surface area contributed by atoms with Crippen molar-refractivity contribution < 1.29 is 13.2 Å². The number of sulfonamides is 1. The van der Waals surface area contributed by atoms with Crippen molar-refractivity contribution >= 4 is 15.9 Å². The second kappa shape index (κ2) is 5.77. The molecule has 1 heterocycles. The van der Waals surface area contributed by atoms with E-state index in [1.165, 1.54) is 5.56 Å². The molecule has 0 spiro atoms. The van der Waals surface area contributed by atoms with Crippen LogP contribution in [0.3, 0.4) is 0 Å². The van der Waals surface area contributed by atoms with Crippen LogP contribution < -0.4 is 4.72 Å². The van der Waals surface area contributed by atoms with Crippen LogP contribution in [0.2, 0.25) is 0 Å². The number of nitrogens with zero attached hydrogens (tertiary/aromatic N) is 1. The molecule has 0 aromatic heterocycles. The maximum Gasteiger partial charge on any atom is 0.241 e. The van der Waals surface area contributed by atoms with Crippen molar-refractivity contribution in [1.29, 1.82) is 0 Å². The van der Waals surface area contributed by atoms with Gasteiger partial charge in [-0.15, -0.1) is 0 Å². The van der Waals surface area contributed by atoms with Crippen LogP contribution in [0.1, 0.15) is 30.4 Å². The molecule has 0 bridgehead atoms. The van der Waals surface area contributed by atoms with E-state index >= 15 is 0 Å². The van der Waals surface area contributed by atoms with Gasteiger partial charge in [-0.25, -0.2) is 13.1 Å². The van der Waals surface area contributed by atoms with Gasteiger partial charge in [-0.05, 0) is 55.4 Å². The fourth-order valence-corrected chi connectivity index (χ4v) is 4.06. The van der Waals surface area contributed by atoms with Crippen LogP contribution in [0.4, 0.5) is 0 Å². The van der Waals surface area contributed by atoms with E-state index < -0.39 is 10.0 Å². The molecule has 3 rings (SSSR count). The summed E-state index contributed by atoms with van der Waals surface area (Å²) in [5.41, 5.74) is 2.35. The molecule has 1 aliphatic carbocycles. The molecule has 2 aliphatic rings. The zero-order valence-electron chi connectivity index (χ0n) is 12.0. The summed E-state index contributed by atoms with van der Waals surface area (Å²) in [5, 5.41) is 0. The van der Waals surface area contributed by atoms with E-state index in [2.05, 4.69) is 4.72 Å². The largest absolute Gasteiger partial charge is 0.342 e. The number of amides is 1. The summed E-state index contributed by atoms with van der Waals surface area (Å²) in [4.78, 5) is 13.9. The number of hydrogen-bond donors (Lipinski definition) is 1. The lowest BCUT2D eigenvalue weighted by atomic mass is 10.1. The molecule has 1 N–H and O–H groups in total. The first kappa shape index (κ1) is 14.5. The Bertz CT molecular complexity index is 649. The molecule has 1 amide bonds. The van der Waals surface area contributed by atoms with Gasteiger partial charge >= 0.3 is 0 Å². The topological polar surface area (TPSA) is 66.5 Å². The molecule has 6 heteroatoms. The second-order valence-electron chi connectivity index (χ2n) is 5.70. The van der Waals surface area contributed by atoms with Crippen LogP contribution >= 0.6 is 0 Å². The minimum absolute atomic E-state index is 0.141. The molecule has 21 heavy (non-hydrogen) atoms. The molecule has 1 saturated heterocycles. The highest BCUT2D eigenvalue weighted by Gasteiger charge is 2.22. The molecule has 1 aromatic rings. The number of nitrogens with one attached hydrogen (secondary N) is 1. The maximum absolute atomic E-state index is 12.3. The number of fused-ring (bicyclic) bond motifs is 1. The highest BCUT2D eigenvalue weighted by atomic mass is 32.2. The predicted molar refractivity (Wildman–Crippen MR) is 79.5 cm³/mol. The van der Waals surface area contributed by atoms with E-state index in [4.69, 9.17) is 0 Å². The first-order valence-electron chi connectivity index (χ1n) is 7.45. The first-order chi connectivity index (χ1) is 10.1. The number of hydrogen-bond acceptors (Lipinski definition) is 3. The fourth-order valence-electron chi connectivity index (χ4n) is 3.03. The molecule has 0 radical (unpaired) electrons. The molecule has 0 saturated carbocycles. The van der Waals surface area contributed by atoms with Crippen molar-refractivity contribution in [2.45, 2.75) is 37.0 Å². The zero-order valence-corrected chi connectivity index (χ0v) is 12.8. The third-order valence-electron chi connectivity index (χ3n) is 4.25. The van der Waals surface area contributed by atoms with Gasteiger partial charge in [0, 0.05) is 13.1 Å². The molecule has 1 aliphatic heterocycles. The zero-order chi connectivity index (χ0) is 14.9. The Morgan fingerprint density at radius 1 is 1.10 bits per heavy atom. The smallest absolute Gasteiger partial charge is 0.241 e. The molecule has 1 fully saturated rings. The number of aryl methyl sites for hydroxylation is 2. The highest BCUT2D eigenvalue weighted by Crippen LogP contribution is 2.24. The van der Waals surface area contributed by atoms with Gasteiger partial charge in [0.05, 0.1) is 11.4 Å². The van der Waals surface area contributed by atoms with Crippen LogP contribution in [-0.4, -0.2) is 38.9 Å². The number of likely N-dealkylation sites (tertiary alicyclic amines) is 1. The lowest BCUT2D eigenvalue weighted by Gasteiger charge is -2.15. The minimum Gasteiger partial charge on any atom is -0.342 e. The fraction of sp³-hybridized carbons (Fsp3) is 0.533. The first-order valence-corrected chi connectivity index (χ1v) is 8.94. The number of carbonyl (C=O) groups is 1. The molecule has 114 valence electrons. The predicted octanol–water partition coefficient (Wildman–Crippen LogP) is 1.08. The normalized spacial score (nSPS) is 18.0. The second-order valence-corrected chi connectivity index (χ2v) is 7.46. The number of benzene rings is 1. The summed E-state index contributed by atoms with van der Waals surface area (Å²) in [6.45, 7) is 1.32. The molecular weight excluding hydrogens is 288 g/mol.